The highest BCUT2D eigenvalue weighted by molar-refractivity contribution is 7.10. The molecule has 0 aromatic carbocycles. The highest BCUT2D eigenvalue weighted by atomic mass is 32.1. The summed E-state index contributed by atoms with van der Waals surface area (Å²) in [5.41, 5.74) is 1.53. The van der Waals surface area contributed by atoms with Crippen molar-refractivity contribution in [3.63, 3.8) is 0 Å². The molecule has 0 aliphatic heterocycles. The fourth-order valence-corrected chi connectivity index (χ4v) is 3.62. The molecule has 1 aliphatic carbocycles. The highest BCUT2D eigenvalue weighted by Gasteiger charge is 2.18. The quantitative estimate of drug-likeness (QED) is 0.835. The van der Waals surface area contributed by atoms with Crippen LogP contribution in [0.3, 0.4) is 0 Å². The fraction of sp³-hybridized carbons (Fsp3) is 0.714. The molecule has 1 heterocycles. The van der Waals surface area contributed by atoms with Crippen LogP contribution < -0.4 is 5.32 Å². The van der Waals surface area contributed by atoms with Crippen molar-refractivity contribution in [1.29, 1.82) is 0 Å². The Labute approximate surface area is 103 Å². The van der Waals surface area contributed by atoms with E-state index in [1.54, 1.807) is 4.88 Å². The van der Waals surface area contributed by atoms with Crippen LogP contribution >= 0.6 is 11.3 Å². The van der Waals surface area contributed by atoms with E-state index in [1.165, 1.54) is 37.7 Å². The molecule has 1 nitrogen and oxygen atoms in total. The van der Waals surface area contributed by atoms with Crippen LogP contribution in [-0.2, 0) is 13.0 Å². The summed E-state index contributed by atoms with van der Waals surface area (Å²) in [4.78, 5) is 1.54. The van der Waals surface area contributed by atoms with Crippen LogP contribution in [0.25, 0.3) is 0 Å². The van der Waals surface area contributed by atoms with Gasteiger partial charge in [0.25, 0.3) is 0 Å². The second-order valence-electron chi connectivity index (χ2n) is 5.07. The van der Waals surface area contributed by atoms with Gasteiger partial charge in [-0.2, -0.15) is 0 Å². The molecule has 1 aromatic heterocycles. The largest absolute Gasteiger partial charge is 0.309 e. The Hall–Kier alpha value is -0.340. The molecule has 90 valence electrons. The van der Waals surface area contributed by atoms with E-state index in [0.29, 0.717) is 0 Å². The summed E-state index contributed by atoms with van der Waals surface area (Å²) >= 11 is 1.90. The van der Waals surface area contributed by atoms with Gasteiger partial charge >= 0.3 is 0 Å². The SMILES string of the molecule is CCc1ccsc1CNC1CCCC(C)C1. The maximum atomic E-state index is 3.74. The molecular weight excluding hydrogens is 214 g/mol. The first kappa shape index (κ1) is 12.1. The normalized spacial score (nSPS) is 25.9. The van der Waals surface area contributed by atoms with Crippen molar-refractivity contribution in [3.05, 3.63) is 21.9 Å². The van der Waals surface area contributed by atoms with Crippen molar-refractivity contribution in [3.8, 4) is 0 Å². The van der Waals surface area contributed by atoms with E-state index in [9.17, 15) is 0 Å². The predicted octanol–water partition coefficient (Wildman–Crippen LogP) is 3.98. The summed E-state index contributed by atoms with van der Waals surface area (Å²) in [5, 5.41) is 5.96. The average Bonchev–Trinajstić information content (AvgIpc) is 2.74. The van der Waals surface area contributed by atoms with Crippen molar-refractivity contribution < 1.29 is 0 Å². The zero-order valence-corrected chi connectivity index (χ0v) is 11.3. The van der Waals surface area contributed by atoms with E-state index in [-0.39, 0.29) is 0 Å². The van der Waals surface area contributed by atoms with Crippen LogP contribution in [0.15, 0.2) is 11.4 Å². The van der Waals surface area contributed by atoms with Crippen molar-refractivity contribution in [2.75, 3.05) is 0 Å². The molecule has 2 heteroatoms. The van der Waals surface area contributed by atoms with Gasteiger partial charge in [0.05, 0.1) is 0 Å². The van der Waals surface area contributed by atoms with E-state index in [1.807, 2.05) is 11.3 Å². The maximum absolute atomic E-state index is 3.74. The lowest BCUT2D eigenvalue weighted by Crippen LogP contribution is -2.33. The molecule has 2 rings (SSSR count). The van der Waals surface area contributed by atoms with Crippen molar-refractivity contribution in [2.45, 2.75) is 58.5 Å². The third-order valence-corrected chi connectivity index (χ3v) is 4.67. The lowest BCUT2D eigenvalue weighted by atomic mass is 9.87. The number of aryl methyl sites for hydroxylation is 1. The molecule has 1 saturated carbocycles. The fourth-order valence-electron chi connectivity index (χ4n) is 2.69. The van der Waals surface area contributed by atoms with Gasteiger partial charge in [-0.3, -0.25) is 0 Å². The van der Waals surface area contributed by atoms with Gasteiger partial charge in [0, 0.05) is 17.5 Å². The monoisotopic (exact) mass is 237 g/mol. The Morgan fingerprint density at radius 2 is 2.31 bits per heavy atom. The van der Waals surface area contributed by atoms with Gasteiger partial charge in [0.1, 0.15) is 0 Å². The molecule has 0 radical (unpaired) electrons. The summed E-state index contributed by atoms with van der Waals surface area (Å²) in [6.45, 7) is 5.71. The van der Waals surface area contributed by atoms with Crippen LogP contribution in [0.4, 0.5) is 0 Å². The second kappa shape index (κ2) is 5.83. The Morgan fingerprint density at radius 3 is 3.06 bits per heavy atom. The van der Waals surface area contributed by atoms with Gasteiger partial charge < -0.3 is 5.32 Å². The number of hydrogen-bond donors (Lipinski definition) is 1. The first-order valence-corrected chi connectivity index (χ1v) is 7.46. The van der Waals surface area contributed by atoms with Crippen LogP contribution in [0.2, 0.25) is 0 Å². The Bertz CT molecular complexity index is 318. The van der Waals surface area contributed by atoms with E-state index in [2.05, 4.69) is 30.6 Å². The summed E-state index contributed by atoms with van der Waals surface area (Å²) < 4.78 is 0. The van der Waals surface area contributed by atoms with E-state index in [0.717, 1.165) is 18.5 Å². The molecule has 0 bridgehead atoms. The number of nitrogens with one attached hydrogen (secondary N) is 1. The molecule has 1 aromatic rings. The minimum Gasteiger partial charge on any atom is -0.309 e. The molecule has 1 fully saturated rings. The van der Waals surface area contributed by atoms with Gasteiger partial charge in [0.15, 0.2) is 0 Å². The number of rotatable bonds is 4. The number of hydrogen-bond acceptors (Lipinski definition) is 2. The van der Waals surface area contributed by atoms with Gasteiger partial charge in [0.2, 0.25) is 0 Å². The second-order valence-corrected chi connectivity index (χ2v) is 6.07. The summed E-state index contributed by atoms with van der Waals surface area (Å²) in [6, 6.07) is 3.03. The van der Waals surface area contributed by atoms with Crippen molar-refractivity contribution in [1.82, 2.24) is 5.32 Å². The van der Waals surface area contributed by atoms with Crippen LogP contribution in [0, 0.1) is 5.92 Å². The third kappa shape index (κ3) is 3.08. The van der Waals surface area contributed by atoms with Crippen LogP contribution in [0.1, 0.15) is 50.0 Å². The van der Waals surface area contributed by atoms with E-state index < -0.39 is 0 Å². The lowest BCUT2D eigenvalue weighted by Gasteiger charge is -2.27. The average molecular weight is 237 g/mol. The Balaban J connectivity index is 1.82. The van der Waals surface area contributed by atoms with E-state index in [4.69, 9.17) is 0 Å². The predicted molar refractivity (Wildman–Crippen MR) is 72.0 cm³/mol. The van der Waals surface area contributed by atoms with Gasteiger partial charge in [-0.05, 0) is 42.2 Å². The van der Waals surface area contributed by atoms with Crippen molar-refractivity contribution in [2.24, 2.45) is 5.92 Å². The van der Waals surface area contributed by atoms with E-state index >= 15 is 0 Å². The van der Waals surface area contributed by atoms with Gasteiger partial charge in [-0.15, -0.1) is 11.3 Å². The smallest absolute Gasteiger partial charge is 0.0305 e. The third-order valence-electron chi connectivity index (χ3n) is 3.71. The summed E-state index contributed by atoms with van der Waals surface area (Å²) in [6.07, 6.45) is 6.74. The van der Waals surface area contributed by atoms with Crippen LogP contribution in [0.5, 0.6) is 0 Å². The molecule has 0 amide bonds. The molecule has 2 atom stereocenters. The molecular formula is C14H23NS. The molecule has 0 spiro atoms. The zero-order valence-electron chi connectivity index (χ0n) is 10.5. The van der Waals surface area contributed by atoms with Crippen LogP contribution in [-0.4, -0.2) is 6.04 Å². The minimum atomic E-state index is 0.760. The Morgan fingerprint density at radius 1 is 1.44 bits per heavy atom. The molecule has 1 N–H and O–H groups in total. The molecule has 16 heavy (non-hydrogen) atoms. The minimum absolute atomic E-state index is 0.760. The lowest BCUT2D eigenvalue weighted by molar-refractivity contribution is 0.301. The zero-order chi connectivity index (χ0) is 11.4. The van der Waals surface area contributed by atoms with Crippen molar-refractivity contribution >= 4 is 11.3 Å². The first-order valence-electron chi connectivity index (χ1n) is 6.58. The molecule has 2 unspecified atom stereocenters. The topological polar surface area (TPSA) is 12.0 Å². The standard InChI is InChI=1S/C14H23NS/c1-3-12-7-8-16-14(12)10-15-13-6-4-5-11(2)9-13/h7-8,11,13,15H,3-6,9-10H2,1-2H3. The Kier molecular flexibility index (Phi) is 4.42. The van der Waals surface area contributed by atoms with Gasteiger partial charge in [-0.25, -0.2) is 0 Å². The summed E-state index contributed by atoms with van der Waals surface area (Å²) in [7, 11) is 0. The molecule has 0 saturated heterocycles. The maximum Gasteiger partial charge on any atom is 0.0305 e. The summed E-state index contributed by atoms with van der Waals surface area (Å²) in [5.74, 6) is 0.917. The molecule has 1 aliphatic rings. The first-order chi connectivity index (χ1) is 7.79. The highest BCUT2D eigenvalue weighted by Crippen LogP contribution is 2.24. The number of thiophene rings is 1. The van der Waals surface area contributed by atoms with Gasteiger partial charge in [-0.1, -0.05) is 26.7 Å².